The van der Waals surface area contributed by atoms with Crippen molar-refractivity contribution in [1.82, 2.24) is 5.32 Å². The minimum atomic E-state index is -0.777. The minimum absolute atomic E-state index is 0.00488. The molecule has 0 radical (unpaired) electrons. The van der Waals surface area contributed by atoms with Gasteiger partial charge >= 0.3 is 0 Å². The predicted octanol–water partition coefficient (Wildman–Crippen LogP) is 3.24. The summed E-state index contributed by atoms with van der Waals surface area (Å²) in [6.07, 6.45) is 3.11. The molecule has 118 valence electrons. The Bertz CT molecular complexity index is 527. The number of amides is 1. The standard InChI is InChI=1S/C17H28N2O2/c1-6-17(18,7-2)15(20)19-13-9-16(4,5)10-14-12(13)8-11(3)21-14/h8,13H,6-7,9-10,18H2,1-5H3,(H,19,20). The largest absolute Gasteiger partial charge is 0.466 e. The number of hydrogen-bond acceptors (Lipinski definition) is 3. The number of fused-ring (bicyclic) bond motifs is 1. The lowest BCUT2D eigenvalue weighted by atomic mass is 9.74. The van der Waals surface area contributed by atoms with Gasteiger partial charge in [0.2, 0.25) is 5.91 Å². The van der Waals surface area contributed by atoms with Gasteiger partial charge < -0.3 is 15.5 Å². The molecule has 0 aliphatic heterocycles. The Kier molecular flexibility index (Phi) is 4.20. The van der Waals surface area contributed by atoms with Crippen LogP contribution >= 0.6 is 0 Å². The SMILES string of the molecule is CCC(N)(CC)C(=O)NC1CC(C)(C)Cc2oc(C)cc21. The number of nitrogens with one attached hydrogen (secondary N) is 1. The Morgan fingerprint density at radius 1 is 1.48 bits per heavy atom. The van der Waals surface area contributed by atoms with Gasteiger partial charge in [0.15, 0.2) is 0 Å². The van der Waals surface area contributed by atoms with Crippen molar-refractivity contribution >= 4 is 5.91 Å². The molecular formula is C17H28N2O2. The summed E-state index contributed by atoms with van der Waals surface area (Å²) in [6, 6.07) is 2.04. The number of nitrogens with two attached hydrogens (primary N) is 1. The first-order valence-corrected chi connectivity index (χ1v) is 7.90. The third kappa shape index (κ3) is 3.15. The Balaban J connectivity index is 2.25. The molecule has 0 saturated heterocycles. The molecule has 1 atom stereocenters. The first-order valence-electron chi connectivity index (χ1n) is 7.90. The van der Waals surface area contributed by atoms with E-state index in [9.17, 15) is 4.79 Å². The van der Waals surface area contributed by atoms with E-state index in [-0.39, 0.29) is 17.4 Å². The number of carbonyl (C=O) groups is 1. The number of aryl methyl sites for hydroxylation is 1. The molecular weight excluding hydrogens is 264 g/mol. The van der Waals surface area contributed by atoms with Crippen LogP contribution in [0.2, 0.25) is 0 Å². The average Bonchev–Trinajstić information content (AvgIpc) is 2.76. The predicted molar refractivity (Wildman–Crippen MR) is 83.9 cm³/mol. The van der Waals surface area contributed by atoms with Crippen LogP contribution in [-0.4, -0.2) is 11.4 Å². The van der Waals surface area contributed by atoms with Gasteiger partial charge in [0.1, 0.15) is 11.5 Å². The van der Waals surface area contributed by atoms with Crippen LogP contribution < -0.4 is 11.1 Å². The highest BCUT2D eigenvalue weighted by molar-refractivity contribution is 5.86. The lowest BCUT2D eigenvalue weighted by Gasteiger charge is -2.36. The van der Waals surface area contributed by atoms with Crippen LogP contribution in [0.25, 0.3) is 0 Å². The van der Waals surface area contributed by atoms with E-state index in [4.69, 9.17) is 10.2 Å². The summed E-state index contributed by atoms with van der Waals surface area (Å²) in [4.78, 5) is 12.6. The van der Waals surface area contributed by atoms with Crippen LogP contribution in [0, 0.1) is 12.3 Å². The van der Waals surface area contributed by atoms with E-state index in [1.165, 1.54) is 0 Å². The van der Waals surface area contributed by atoms with Gasteiger partial charge in [-0.2, -0.15) is 0 Å². The van der Waals surface area contributed by atoms with Crippen molar-refractivity contribution in [1.29, 1.82) is 0 Å². The maximum absolute atomic E-state index is 12.6. The van der Waals surface area contributed by atoms with E-state index < -0.39 is 5.54 Å². The van der Waals surface area contributed by atoms with Crippen molar-refractivity contribution in [3.8, 4) is 0 Å². The fourth-order valence-electron chi connectivity index (χ4n) is 3.19. The van der Waals surface area contributed by atoms with Gasteiger partial charge in [0.05, 0.1) is 11.6 Å². The van der Waals surface area contributed by atoms with Gasteiger partial charge in [-0.25, -0.2) is 0 Å². The summed E-state index contributed by atoms with van der Waals surface area (Å²) in [5.74, 6) is 1.85. The van der Waals surface area contributed by atoms with Gasteiger partial charge in [0.25, 0.3) is 0 Å². The van der Waals surface area contributed by atoms with Crippen molar-refractivity contribution < 1.29 is 9.21 Å². The van der Waals surface area contributed by atoms with E-state index in [0.717, 1.165) is 29.9 Å². The zero-order valence-electron chi connectivity index (χ0n) is 13.9. The lowest BCUT2D eigenvalue weighted by molar-refractivity contribution is -0.127. The molecule has 0 bridgehead atoms. The maximum Gasteiger partial charge on any atom is 0.240 e. The van der Waals surface area contributed by atoms with E-state index in [1.54, 1.807) is 0 Å². The molecule has 1 aromatic rings. The van der Waals surface area contributed by atoms with Crippen molar-refractivity contribution in [3.05, 3.63) is 23.2 Å². The zero-order valence-corrected chi connectivity index (χ0v) is 13.9. The topological polar surface area (TPSA) is 68.3 Å². The molecule has 0 fully saturated rings. The van der Waals surface area contributed by atoms with Gasteiger partial charge in [-0.05, 0) is 37.7 Å². The fraction of sp³-hybridized carbons (Fsp3) is 0.706. The van der Waals surface area contributed by atoms with E-state index >= 15 is 0 Å². The van der Waals surface area contributed by atoms with Crippen LogP contribution in [0.5, 0.6) is 0 Å². The maximum atomic E-state index is 12.6. The average molecular weight is 292 g/mol. The third-order valence-corrected chi connectivity index (χ3v) is 4.76. The monoisotopic (exact) mass is 292 g/mol. The van der Waals surface area contributed by atoms with Crippen LogP contribution in [0.1, 0.15) is 70.1 Å². The second-order valence-corrected chi connectivity index (χ2v) is 7.17. The zero-order chi connectivity index (χ0) is 15.8. The van der Waals surface area contributed by atoms with Crippen LogP contribution in [0.3, 0.4) is 0 Å². The molecule has 1 aromatic heterocycles. The van der Waals surface area contributed by atoms with Crippen molar-refractivity contribution in [3.63, 3.8) is 0 Å². The summed E-state index contributed by atoms with van der Waals surface area (Å²) in [5.41, 5.74) is 6.67. The highest BCUT2D eigenvalue weighted by Crippen LogP contribution is 2.42. The quantitative estimate of drug-likeness (QED) is 0.895. The molecule has 0 aromatic carbocycles. The number of furan rings is 1. The molecule has 3 N–H and O–H groups in total. The smallest absolute Gasteiger partial charge is 0.240 e. The molecule has 1 amide bonds. The normalized spacial score (nSPS) is 21.0. The Morgan fingerprint density at radius 2 is 2.10 bits per heavy atom. The first-order chi connectivity index (χ1) is 9.70. The highest BCUT2D eigenvalue weighted by Gasteiger charge is 2.38. The molecule has 1 unspecified atom stereocenters. The van der Waals surface area contributed by atoms with Crippen LogP contribution in [-0.2, 0) is 11.2 Å². The van der Waals surface area contributed by atoms with Gasteiger partial charge in [-0.1, -0.05) is 27.7 Å². The molecule has 4 heteroatoms. The summed E-state index contributed by atoms with van der Waals surface area (Å²) >= 11 is 0. The fourth-order valence-corrected chi connectivity index (χ4v) is 3.19. The molecule has 4 nitrogen and oxygen atoms in total. The highest BCUT2D eigenvalue weighted by atomic mass is 16.3. The summed E-state index contributed by atoms with van der Waals surface area (Å²) < 4.78 is 5.81. The molecule has 0 spiro atoms. The number of carbonyl (C=O) groups excluding carboxylic acids is 1. The van der Waals surface area contributed by atoms with E-state index in [0.29, 0.717) is 12.8 Å². The van der Waals surface area contributed by atoms with Crippen LogP contribution in [0.15, 0.2) is 10.5 Å². The lowest BCUT2D eigenvalue weighted by Crippen LogP contribution is -2.54. The molecule has 21 heavy (non-hydrogen) atoms. The van der Waals surface area contributed by atoms with Crippen LogP contribution in [0.4, 0.5) is 0 Å². The van der Waals surface area contributed by atoms with Crippen molar-refractivity contribution in [2.75, 3.05) is 0 Å². The number of rotatable bonds is 4. The second kappa shape index (κ2) is 5.48. The number of hydrogen-bond donors (Lipinski definition) is 2. The van der Waals surface area contributed by atoms with Gasteiger partial charge in [0, 0.05) is 12.0 Å². The second-order valence-electron chi connectivity index (χ2n) is 7.17. The molecule has 1 heterocycles. The molecule has 2 rings (SSSR count). The van der Waals surface area contributed by atoms with Crippen molar-refractivity contribution in [2.45, 2.75) is 71.9 Å². The third-order valence-electron chi connectivity index (χ3n) is 4.76. The van der Waals surface area contributed by atoms with Crippen molar-refractivity contribution in [2.24, 2.45) is 11.1 Å². The first kappa shape index (κ1) is 16.1. The van der Waals surface area contributed by atoms with E-state index in [1.807, 2.05) is 26.8 Å². The van der Waals surface area contributed by atoms with E-state index in [2.05, 4.69) is 19.2 Å². The molecule has 1 aliphatic rings. The Labute approximate surface area is 127 Å². The summed E-state index contributed by atoms with van der Waals surface area (Å²) in [7, 11) is 0. The summed E-state index contributed by atoms with van der Waals surface area (Å²) in [6.45, 7) is 10.3. The molecule has 1 aliphatic carbocycles. The van der Waals surface area contributed by atoms with Gasteiger partial charge in [-0.3, -0.25) is 4.79 Å². The minimum Gasteiger partial charge on any atom is -0.466 e. The molecule has 0 saturated carbocycles. The Morgan fingerprint density at radius 3 is 2.67 bits per heavy atom. The Hall–Kier alpha value is -1.29. The summed E-state index contributed by atoms with van der Waals surface area (Å²) in [5, 5.41) is 3.16. The van der Waals surface area contributed by atoms with Gasteiger partial charge in [-0.15, -0.1) is 0 Å².